The van der Waals surface area contributed by atoms with Crippen LogP contribution in [0.5, 0.6) is 0 Å². The Bertz CT molecular complexity index is 790. The maximum absolute atomic E-state index is 11.7. The number of benzene rings is 2. The normalized spacial score (nSPS) is 10.3. The number of nitrogens with two attached hydrogens (primary N) is 1. The van der Waals surface area contributed by atoms with E-state index in [1.807, 2.05) is 29.6 Å². The highest BCUT2D eigenvalue weighted by Gasteiger charge is 2.12. The molecule has 0 aliphatic rings. The Balaban J connectivity index is 1.80. The summed E-state index contributed by atoms with van der Waals surface area (Å²) in [5.74, 6) is 0. The fraction of sp³-hybridized carbons (Fsp3) is 0. The molecule has 0 unspecified atom stereocenters. The minimum Gasteiger partial charge on any atom is -0.350 e. The first-order chi connectivity index (χ1) is 11.1. The summed E-state index contributed by atoms with van der Waals surface area (Å²) in [4.78, 5) is 11.7. The van der Waals surface area contributed by atoms with Gasteiger partial charge in [-0.1, -0.05) is 28.2 Å². The third kappa shape index (κ3) is 3.58. The van der Waals surface area contributed by atoms with Gasteiger partial charge in [-0.15, -0.1) is 5.10 Å². The molecule has 0 radical (unpaired) electrons. The first kappa shape index (κ1) is 15.3. The topological polar surface area (TPSA) is 84.1 Å². The van der Waals surface area contributed by atoms with Gasteiger partial charge in [0.05, 0.1) is 11.4 Å². The molecule has 23 heavy (non-hydrogen) atoms. The number of halogens is 1. The van der Waals surface area contributed by atoms with Crippen molar-refractivity contribution in [3.8, 4) is 11.3 Å². The van der Waals surface area contributed by atoms with Gasteiger partial charge in [0.2, 0.25) is 0 Å². The van der Waals surface area contributed by atoms with Gasteiger partial charge in [0.1, 0.15) is 5.69 Å². The van der Waals surface area contributed by atoms with E-state index in [9.17, 15) is 4.79 Å². The molecule has 0 aliphatic carbocycles. The second-order valence-corrected chi connectivity index (χ2v) is 5.68. The van der Waals surface area contributed by atoms with Crippen molar-refractivity contribution in [2.75, 3.05) is 10.4 Å². The van der Waals surface area contributed by atoms with Gasteiger partial charge in [0, 0.05) is 16.0 Å². The Hall–Kier alpha value is -2.64. The summed E-state index contributed by atoms with van der Waals surface area (Å²) in [5, 5.41) is 7.71. The number of anilines is 2. The summed E-state index contributed by atoms with van der Waals surface area (Å²) in [6.07, 6.45) is 0. The number of carbonyl (C=O) groups is 1. The molecule has 0 bridgehead atoms. The standard InChI is InChI=1S/C15H12ClN5OS/c16-11-3-7-13(8-4-11)21(15(17)22)19-12-5-1-10(2-6-12)14-9-23-20-18-14/h1-9,19H,(H2,17,22). The first-order valence-corrected chi connectivity index (χ1v) is 7.84. The Morgan fingerprint density at radius 3 is 2.39 bits per heavy atom. The van der Waals surface area contributed by atoms with Gasteiger partial charge in [-0.05, 0) is 47.9 Å². The predicted octanol–water partition coefficient (Wildman–Crippen LogP) is 3.77. The van der Waals surface area contributed by atoms with Gasteiger partial charge in [-0.3, -0.25) is 5.43 Å². The van der Waals surface area contributed by atoms with E-state index in [4.69, 9.17) is 17.3 Å². The zero-order chi connectivity index (χ0) is 16.2. The van der Waals surface area contributed by atoms with Crippen LogP contribution in [0.15, 0.2) is 53.9 Å². The van der Waals surface area contributed by atoms with E-state index in [0.717, 1.165) is 11.3 Å². The number of hydrogen-bond donors (Lipinski definition) is 2. The lowest BCUT2D eigenvalue weighted by atomic mass is 10.1. The van der Waals surface area contributed by atoms with E-state index in [-0.39, 0.29) is 0 Å². The number of hydrazine groups is 1. The van der Waals surface area contributed by atoms with E-state index >= 15 is 0 Å². The molecule has 6 nitrogen and oxygen atoms in total. The summed E-state index contributed by atoms with van der Waals surface area (Å²) in [5.41, 5.74) is 11.5. The average molecular weight is 346 g/mol. The van der Waals surface area contributed by atoms with Gasteiger partial charge < -0.3 is 5.73 Å². The Kier molecular flexibility index (Phi) is 4.40. The number of nitrogens with one attached hydrogen (secondary N) is 1. The number of carbonyl (C=O) groups excluding carboxylic acids is 1. The number of nitrogens with zero attached hydrogens (tertiary/aromatic N) is 3. The fourth-order valence-electron chi connectivity index (χ4n) is 1.97. The highest BCUT2D eigenvalue weighted by molar-refractivity contribution is 7.03. The van der Waals surface area contributed by atoms with E-state index in [2.05, 4.69) is 15.0 Å². The van der Waals surface area contributed by atoms with E-state index in [1.54, 1.807) is 24.3 Å². The molecule has 2 aromatic carbocycles. The molecule has 3 N–H and O–H groups in total. The molecule has 1 heterocycles. The van der Waals surface area contributed by atoms with Gasteiger partial charge >= 0.3 is 6.03 Å². The van der Waals surface area contributed by atoms with Gasteiger partial charge in [-0.25, -0.2) is 9.80 Å². The number of primary amides is 1. The van der Waals surface area contributed by atoms with Crippen molar-refractivity contribution in [2.45, 2.75) is 0 Å². The van der Waals surface area contributed by atoms with Crippen LogP contribution in [0.2, 0.25) is 5.02 Å². The zero-order valence-electron chi connectivity index (χ0n) is 11.8. The third-order valence-electron chi connectivity index (χ3n) is 3.09. The van der Waals surface area contributed by atoms with E-state index in [0.29, 0.717) is 16.4 Å². The number of urea groups is 1. The highest BCUT2D eigenvalue weighted by Crippen LogP contribution is 2.22. The minimum absolute atomic E-state index is 0.583. The van der Waals surface area contributed by atoms with Crippen LogP contribution >= 0.6 is 23.1 Å². The van der Waals surface area contributed by atoms with Crippen molar-refractivity contribution in [2.24, 2.45) is 5.73 Å². The highest BCUT2D eigenvalue weighted by atomic mass is 35.5. The molecule has 0 saturated heterocycles. The van der Waals surface area contributed by atoms with Crippen LogP contribution in [0.4, 0.5) is 16.2 Å². The Labute approximate surface area is 141 Å². The largest absolute Gasteiger partial charge is 0.350 e. The van der Waals surface area contributed by atoms with Crippen LogP contribution in [0.1, 0.15) is 0 Å². The first-order valence-electron chi connectivity index (χ1n) is 6.63. The van der Waals surface area contributed by atoms with Crippen molar-refractivity contribution < 1.29 is 4.79 Å². The minimum atomic E-state index is -0.625. The molecular formula is C15H12ClN5OS. The molecule has 0 spiro atoms. The predicted molar refractivity (Wildman–Crippen MR) is 92.5 cm³/mol. The SMILES string of the molecule is NC(=O)N(Nc1ccc(-c2csnn2)cc1)c1ccc(Cl)cc1. The summed E-state index contributed by atoms with van der Waals surface area (Å²) >= 11 is 7.15. The Morgan fingerprint density at radius 2 is 1.83 bits per heavy atom. The summed E-state index contributed by atoms with van der Waals surface area (Å²) in [6.45, 7) is 0. The second kappa shape index (κ2) is 6.64. The smallest absolute Gasteiger partial charge is 0.338 e. The molecule has 0 saturated carbocycles. The van der Waals surface area contributed by atoms with E-state index < -0.39 is 6.03 Å². The molecular weight excluding hydrogens is 334 g/mol. The molecule has 0 aliphatic heterocycles. The lowest BCUT2D eigenvalue weighted by Gasteiger charge is -2.22. The number of aromatic nitrogens is 2. The van der Waals surface area contributed by atoms with Crippen molar-refractivity contribution in [3.05, 3.63) is 58.9 Å². The van der Waals surface area contributed by atoms with E-state index in [1.165, 1.54) is 16.5 Å². The molecule has 0 atom stereocenters. The monoisotopic (exact) mass is 345 g/mol. The number of rotatable bonds is 4. The maximum Gasteiger partial charge on any atom is 0.338 e. The quantitative estimate of drug-likeness (QED) is 0.705. The molecule has 3 rings (SSSR count). The molecule has 8 heteroatoms. The van der Waals surface area contributed by atoms with Crippen molar-refractivity contribution in [1.29, 1.82) is 0 Å². The Morgan fingerprint density at radius 1 is 1.13 bits per heavy atom. The van der Waals surface area contributed by atoms with Gasteiger partial charge in [0.15, 0.2) is 0 Å². The molecule has 3 aromatic rings. The lowest BCUT2D eigenvalue weighted by molar-refractivity contribution is 0.255. The van der Waals surface area contributed by atoms with Gasteiger partial charge in [0.25, 0.3) is 0 Å². The fourth-order valence-corrected chi connectivity index (χ4v) is 2.56. The summed E-state index contributed by atoms with van der Waals surface area (Å²) in [6, 6.07) is 13.6. The zero-order valence-corrected chi connectivity index (χ0v) is 13.4. The van der Waals surface area contributed by atoms with Crippen LogP contribution in [-0.2, 0) is 0 Å². The second-order valence-electron chi connectivity index (χ2n) is 4.63. The summed E-state index contributed by atoms with van der Waals surface area (Å²) in [7, 11) is 0. The van der Waals surface area contributed by atoms with Crippen LogP contribution in [0.3, 0.4) is 0 Å². The van der Waals surface area contributed by atoms with Crippen LogP contribution < -0.4 is 16.2 Å². The molecule has 2 amide bonds. The maximum atomic E-state index is 11.7. The summed E-state index contributed by atoms with van der Waals surface area (Å²) < 4.78 is 3.84. The van der Waals surface area contributed by atoms with Crippen molar-refractivity contribution in [1.82, 2.24) is 9.59 Å². The number of hydrogen-bond acceptors (Lipinski definition) is 5. The number of amides is 2. The van der Waals surface area contributed by atoms with Crippen molar-refractivity contribution >= 4 is 40.5 Å². The van der Waals surface area contributed by atoms with Crippen LogP contribution in [-0.4, -0.2) is 15.6 Å². The molecule has 0 fully saturated rings. The third-order valence-corrected chi connectivity index (χ3v) is 3.84. The van der Waals surface area contributed by atoms with Crippen LogP contribution in [0.25, 0.3) is 11.3 Å². The van der Waals surface area contributed by atoms with Gasteiger partial charge in [-0.2, -0.15) is 0 Å². The molecule has 1 aromatic heterocycles. The van der Waals surface area contributed by atoms with Crippen molar-refractivity contribution in [3.63, 3.8) is 0 Å². The molecule has 116 valence electrons. The van der Waals surface area contributed by atoms with Crippen LogP contribution in [0, 0.1) is 0 Å². The lowest BCUT2D eigenvalue weighted by Crippen LogP contribution is -2.40. The average Bonchev–Trinajstić information content (AvgIpc) is 3.08.